The lowest BCUT2D eigenvalue weighted by Gasteiger charge is -2.20. The van der Waals surface area contributed by atoms with Crippen LogP contribution in [-0.2, 0) is 0 Å². The molecule has 1 atom stereocenters. The lowest BCUT2D eigenvalue weighted by molar-refractivity contribution is -0.0328. The van der Waals surface area contributed by atoms with Crippen LogP contribution in [0.25, 0.3) is 0 Å². The molecule has 1 rings (SSSR count). The van der Waals surface area contributed by atoms with Gasteiger partial charge in [-0.1, -0.05) is 0 Å². The topological polar surface area (TPSA) is 15.3 Å². The van der Waals surface area contributed by atoms with E-state index in [-0.39, 0.29) is 17.5 Å². The van der Waals surface area contributed by atoms with Gasteiger partial charge in [0, 0.05) is 24.9 Å². The number of halogens is 3. The molecule has 1 N–H and O–H groups in total. The molecule has 0 saturated carbocycles. The van der Waals surface area contributed by atoms with Crippen LogP contribution in [-0.4, -0.2) is 48.9 Å². The summed E-state index contributed by atoms with van der Waals surface area (Å²) >= 11 is 0.0577. The lowest BCUT2D eigenvalue weighted by atomic mass is 10.2. The number of hydrogen-bond acceptors (Lipinski definition) is 3. The zero-order chi connectivity index (χ0) is 11.3. The largest absolute Gasteiger partial charge is 0.441 e. The summed E-state index contributed by atoms with van der Waals surface area (Å²) in [5.74, 6) is 0.118. The molecule has 0 aromatic rings. The highest BCUT2D eigenvalue weighted by Crippen LogP contribution is 2.29. The minimum Gasteiger partial charge on any atom is -0.313 e. The minimum absolute atomic E-state index is 0.0577. The van der Waals surface area contributed by atoms with Crippen molar-refractivity contribution in [3.63, 3.8) is 0 Å². The molecule has 1 aliphatic heterocycles. The summed E-state index contributed by atoms with van der Waals surface area (Å²) < 4.78 is 35.5. The number of nitrogens with one attached hydrogen (secondary N) is 1. The van der Waals surface area contributed by atoms with Crippen molar-refractivity contribution in [3.8, 4) is 0 Å². The van der Waals surface area contributed by atoms with Gasteiger partial charge in [0.25, 0.3) is 0 Å². The third-order valence-corrected chi connectivity index (χ3v) is 3.15. The van der Waals surface area contributed by atoms with Gasteiger partial charge in [-0.2, -0.15) is 13.2 Å². The average Bonchev–Trinajstić information content (AvgIpc) is 2.54. The van der Waals surface area contributed by atoms with Gasteiger partial charge in [0.15, 0.2) is 0 Å². The van der Waals surface area contributed by atoms with Crippen LogP contribution in [0.15, 0.2) is 0 Å². The van der Waals surface area contributed by atoms with E-state index in [4.69, 9.17) is 0 Å². The first kappa shape index (κ1) is 13.1. The Morgan fingerprint density at radius 3 is 2.73 bits per heavy atom. The quantitative estimate of drug-likeness (QED) is 0.793. The van der Waals surface area contributed by atoms with Crippen molar-refractivity contribution in [2.75, 3.05) is 32.4 Å². The summed E-state index contributed by atoms with van der Waals surface area (Å²) in [6.45, 7) is 2.37. The molecule has 0 aliphatic carbocycles. The van der Waals surface area contributed by atoms with E-state index in [0.29, 0.717) is 12.6 Å². The van der Waals surface area contributed by atoms with Gasteiger partial charge in [0.1, 0.15) is 0 Å². The molecule has 0 aromatic carbocycles. The third-order valence-electron chi connectivity index (χ3n) is 2.43. The van der Waals surface area contributed by atoms with E-state index in [1.807, 2.05) is 11.9 Å². The van der Waals surface area contributed by atoms with Crippen LogP contribution in [0.5, 0.6) is 0 Å². The molecule has 2 nitrogen and oxygen atoms in total. The monoisotopic (exact) mass is 242 g/mol. The molecular weight excluding hydrogens is 225 g/mol. The SMILES string of the molecule is CN(CCSC(F)(F)F)CC1CCCN1. The van der Waals surface area contributed by atoms with E-state index >= 15 is 0 Å². The molecule has 0 spiro atoms. The second-order valence-corrected chi connectivity index (χ2v) is 5.01. The highest BCUT2D eigenvalue weighted by atomic mass is 32.2. The molecule has 1 saturated heterocycles. The van der Waals surface area contributed by atoms with Gasteiger partial charge < -0.3 is 10.2 Å². The molecule has 90 valence electrons. The summed E-state index contributed by atoms with van der Waals surface area (Å²) in [6.07, 6.45) is 2.31. The van der Waals surface area contributed by atoms with Gasteiger partial charge in [-0.05, 0) is 38.2 Å². The maximum absolute atomic E-state index is 11.8. The smallest absolute Gasteiger partial charge is 0.313 e. The molecule has 0 aromatic heterocycles. The lowest BCUT2D eigenvalue weighted by Crippen LogP contribution is -2.36. The van der Waals surface area contributed by atoms with E-state index < -0.39 is 5.51 Å². The van der Waals surface area contributed by atoms with E-state index in [1.54, 1.807) is 0 Å². The van der Waals surface area contributed by atoms with Crippen LogP contribution in [0.4, 0.5) is 13.2 Å². The summed E-state index contributed by atoms with van der Waals surface area (Å²) in [4.78, 5) is 1.96. The number of hydrogen-bond donors (Lipinski definition) is 1. The van der Waals surface area contributed by atoms with Gasteiger partial charge in [0.2, 0.25) is 0 Å². The van der Waals surface area contributed by atoms with E-state index in [2.05, 4.69) is 5.32 Å². The maximum Gasteiger partial charge on any atom is 0.441 e. The average molecular weight is 242 g/mol. The Morgan fingerprint density at radius 2 is 2.20 bits per heavy atom. The standard InChI is InChI=1S/C9H17F3N2S/c1-14(5-6-15-9(10,11)12)7-8-3-2-4-13-8/h8,13H,2-7H2,1H3. The van der Waals surface area contributed by atoms with E-state index in [9.17, 15) is 13.2 Å². The van der Waals surface area contributed by atoms with Crippen molar-refractivity contribution < 1.29 is 13.2 Å². The molecular formula is C9H17F3N2S. The first-order chi connectivity index (χ1) is 6.97. The van der Waals surface area contributed by atoms with Gasteiger partial charge in [-0.25, -0.2) is 0 Å². The second-order valence-electron chi connectivity index (χ2n) is 3.85. The van der Waals surface area contributed by atoms with Crippen LogP contribution in [0.2, 0.25) is 0 Å². The van der Waals surface area contributed by atoms with Gasteiger partial charge in [-0.15, -0.1) is 0 Å². The molecule has 0 radical (unpaired) electrons. The van der Waals surface area contributed by atoms with Crippen molar-refractivity contribution >= 4 is 11.8 Å². The fraction of sp³-hybridized carbons (Fsp3) is 1.00. The second kappa shape index (κ2) is 5.96. The van der Waals surface area contributed by atoms with Gasteiger partial charge in [0.05, 0.1) is 0 Å². The number of alkyl halides is 3. The predicted octanol–water partition coefficient (Wildman–Crippen LogP) is 1.92. The van der Waals surface area contributed by atoms with E-state index in [0.717, 1.165) is 19.5 Å². The van der Waals surface area contributed by atoms with Crippen LogP contribution in [0, 0.1) is 0 Å². The number of thioether (sulfide) groups is 1. The molecule has 6 heteroatoms. The van der Waals surface area contributed by atoms with Crippen LogP contribution in [0.1, 0.15) is 12.8 Å². The first-order valence-electron chi connectivity index (χ1n) is 5.10. The maximum atomic E-state index is 11.8. The van der Waals surface area contributed by atoms with Crippen LogP contribution in [0.3, 0.4) is 0 Å². The van der Waals surface area contributed by atoms with Crippen molar-refractivity contribution in [2.45, 2.75) is 24.4 Å². The Bertz CT molecular complexity index is 181. The first-order valence-corrected chi connectivity index (χ1v) is 6.08. The predicted molar refractivity (Wildman–Crippen MR) is 57.0 cm³/mol. The zero-order valence-electron chi connectivity index (χ0n) is 8.81. The Morgan fingerprint density at radius 1 is 1.47 bits per heavy atom. The Hall–Kier alpha value is 0.0600. The number of nitrogens with zero attached hydrogens (tertiary/aromatic N) is 1. The Balaban J connectivity index is 2.05. The highest BCUT2D eigenvalue weighted by Gasteiger charge is 2.27. The molecule has 0 bridgehead atoms. The fourth-order valence-corrected chi connectivity index (χ4v) is 2.33. The van der Waals surface area contributed by atoms with Crippen LogP contribution < -0.4 is 5.32 Å². The van der Waals surface area contributed by atoms with Crippen molar-refractivity contribution in [2.24, 2.45) is 0 Å². The van der Waals surface area contributed by atoms with Crippen LogP contribution >= 0.6 is 11.8 Å². The summed E-state index contributed by atoms with van der Waals surface area (Å²) in [5.41, 5.74) is -4.09. The Labute approximate surface area is 92.6 Å². The van der Waals surface area contributed by atoms with E-state index in [1.165, 1.54) is 6.42 Å². The normalized spacial score (nSPS) is 22.6. The minimum atomic E-state index is -4.09. The molecule has 1 unspecified atom stereocenters. The van der Waals surface area contributed by atoms with Gasteiger partial charge >= 0.3 is 5.51 Å². The molecule has 15 heavy (non-hydrogen) atoms. The van der Waals surface area contributed by atoms with Crippen molar-refractivity contribution in [1.82, 2.24) is 10.2 Å². The Kier molecular flexibility index (Phi) is 5.22. The summed E-state index contributed by atoms with van der Waals surface area (Å²) in [7, 11) is 1.87. The fourth-order valence-electron chi connectivity index (χ4n) is 1.70. The van der Waals surface area contributed by atoms with Crippen molar-refractivity contribution in [1.29, 1.82) is 0 Å². The third kappa shape index (κ3) is 6.27. The molecule has 1 heterocycles. The summed E-state index contributed by atoms with van der Waals surface area (Å²) in [6, 6.07) is 0.464. The van der Waals surface area contributed by atoms with Gasteiger partial charge in [-0.3, -0.25) is 0 Å². The molecule has 0 amide bonds. The number of rotatable bonds is 5. The zero-order valence-corrected chi connectivity index (χ0v) is 9.63. The van der Waals surface area contributed by atoms with Crippen molar-refractivity contribution in [3.05, 3.63) is 0 Å². The summed E-state index contributed by atoms with van der Waals surface area (Å²) in [5, 5.41) is 3.32. The number of likely N-dealkylation sites (N-methyl/N-ethyl adjacent to an activating group) is 1. The molecule has 1 fully saturated rings. The molecule has 1 aliphatic rings. The highest BCUT2D eigenvalue weighted by molar-refractivity contribution is 8.00.